The van der Waals surface area contributed by atoms with Crippen LogP contribution in [0.15, 0.2) is 24.3 Å². The average Bonchev–Trinajstić information content (AvgIpc) is 2.38. The minimum Gasteiger partial charge on any atom is -0.488 e. The first-order valence-electron chi connectivity index (χ1n) is 6.66. The predicted molar refractivity (Wildman–Crippen MR) is 79.7 cm³/mol. The van der Waals surface area contributed by atoms with E-state index in [0.29, 0.717) is 12.0 Å². The van der Waals surface area contributed by atoms with Crippen molar-refractivity contribution in [2.75, 3.05) is 0 Å². The monoisotopic (exact) mass is 305 g/mol. The fraction of sp³-hybridized carbons (Fsp3) is 0.400. The molecule has 1 aromatic rings. The molecule has 118 valence electrons. The summed E-state index contributed by atoms with van der Waals surface area (Å²) in [6.45, 7) is 5.81. The van der Waals surface area contributed by atoms with Crippen molar-refractivity contribution in [3.05, 3.63) is 35.4 Å². The Kier molecular flexibility index (Phi) is 5.83. The maximum absolute atomic E-state index is 11.7. The average molecular weight is 305 g/mol. The number of benzene rings is 1. The Morgan fingerprint density at radius 1 is 1.32 bits per heavy atom. The number of Topliss-reactive ketones (excluding diaryl/α,β-unsaturated/α-hetero) is 1. The third kappa shape index (κ3) is 6.19. The van der Waals surface area contributed by atoms with Crippen LogP contribution >= 0.6 is 0 Å². The molecule has 0 unspecified atom stereocenters. The van der Waals surface area contributed by atoms with E-state index in [1.165, 1.54) is 0 Å². The highest BCUT2D eigenvalue weighted by atomic mass is 16.6. The quantitative estimate of drug-likeness (QED) is 0.489. The van der Waals surface area contributed by atoms with E-state index in [1.54, 1.807) is 24.3 Å². The molecule has 2 N–H and O–H groups in total. The molecule has 0 spiro atoms. The van der Waals surface area contributed by atoms with E-state index in [4.69, 9.17) is 20.7 Å². The number of carbonyl (C=O) groups excluding carboxylic acids is 2. The Bertz CT molecular complexity index is 584. The summed E-state index contributed by atoms with van der Waals surface area (Å²) in [5.41, 5.74) is 13.8. The van der Waals surface area contributed by atoms with Gasteiger partial charge in [0, 0.05) is 6.42 Å². The smallest absolute Gasteiger partial charge is 0.405 e. The van der Waals surface area contributed by atoms with Gasteiger partial charge in [0.1, 0.15) is 11.4 Å². The van der Waals surface area contributed by atoms with Gasteiger partial charge in [-0.05, 0) is 38.5 Å². The highest BCUT2D eigenvalue weighted by molar-refractivity contribution is 6.27. The van der Waals surface area contributed by atoms with Gasteiger partial charge in [0.05, 0.1) is 0 Å². The zero-order chi connectivity index (χ0) is 16.8. The van der Waals surface area contributed by atoms with E-state index < -0.39 is 18.0 Å². The fourth-order valence-electron chi connectivity index (χ4n) is 1.74. The topological polar surface area (TPSA) is 115 Å². The van der Waals surface area contributed by atoms with Crippen molar-refractivity contribution in [2.24, 2.45) is 5.73 Å². The number of ether oxygens (including phenoxy) is 2. The molecule has 1 atom stereocenters. The van der Waals surface area contributed by atoms with Crippen LogP contribution in [0.5, 0.6) is 5.75 Å². The van der Waals surface area contributed by atoms with Gasteiger partial charge in [0.15, 0.2) is 6.10 Å². The number of rotatable bonds is 6. The van der Waals surface area contributed by atoms with Crippen LogP contribution < -0.4 is 10.5 Å². The second-order valence-corrected chi connectivity index (χ2v) is 5.63. The van der Waals surface area contributed by atoms with Gasteiger partial charge in [0.2, 0.25) is 0 Å². The molecule has 0 saturated carbocycles. The van der Waals surface area contributed by atoms with Gasteiger partial charge in [-0.25, -0.2) is 4.79 Å². The van der Waals surface area contributed by atoms with Gasteiger partial charge >= 0.3 is 12.3 Å². The lowest BCUT2D eigenvalue weighted by Crippen LogP contribution is -2.32. The van der Waals surface area contributed by atoms with E-state index in [-0.39, 0.29) is 12.0 Å². The highest BCUT2D eigenvalue weighted by Crippen LogP contribution is 2.19. The van der Waals surface area contributed by atoms with Gasteiger partial charge in [0.25, 0.3) is 5.78 Å². The van der Waals surface area contributed by atoms with Gasteiger partial charge in [-0.2, -0.15) is 4.79 Å². The van der Waals surface area contributed by atoms with Gasteiger partial charge in [-0.3, -0.25) is 4.79 Å². The third-order valence-corrected chi connectivity index (χ3v) is 2.53. The summed E-state index contributed by atoms with van der Waals surface area (Å²) in [6, 6.07) is 7.02. The van der Waals surface area contributed by atoms with Crippen molar-refractivity contribution in [3.63, 3.8) is 0 Å². The van der Waals surface area contributed by atoms with Crippen LogP contribution in [0.1, 0.15) is 26.3 Å². The van der Waals surface area contributed by atoms with Crippen LogP contribution in [0, 0.1) is 0 Å². The molecule has 0 heterocycles. The lowest BCUT2D eigenvalue weighted by molar-refractivity contribution is -0.123. The number of carbonyl (C=O) groups is 2. The maximum atomic E-state index is 11.7. The number of hydrogen-bond acceptors (Lipinski definition) is 4. The van der Waals surface area contributed by atoms with Gasteiger partial charge in [-0.15, -0.1) is 0 Å². The Labute approximate surface area is 128 Å². The number of ketones is 1. The summed E-state index contributed by atoms with van der Waals surface area (Å²) in [5.74, 6) is 0.0307. The Morgan fingerprint density at radius 3 is 2.36 bits per heavy atom. The fourth-order valence-corrected chi connectivity index (χ4v) is 1.74. The molecule has 0 aromatic heterocycles. The molecule has 7 heteroatoms. The molecule has 0 bridgehead atoms. The number of hydrogen-bond donors (Lipinski definition) is 1. The Balaban J connectivity index is 2.83. The van der Waals surface area contributed by atoms with Crippen molar-refractivity contribution >= 4 is 18.1 Å². The molecule has 22 heavy (non-hydrogen) atoms. The molecule has 1 rings (SSSR count). The van der Waals surface area contributed by atoms with E-state index >= 15 is 0 Å². The maximum Gasteiger partial charge on any atom is 0.405 e. The SMILES string of the molecule is CC(C)(C)Oc1ccc(C[C@H](OC(N)=O)C(=O)C=[N+]=[N-])cc1. The van der Waals surface area contributed by atoms with Crippen LogP contribution in [0.2, 0.25) is 0 Å². The number of nitrogens with two attached hydrogens (primary N) is 1. The zero-order valence-electron chi connectivity index (χ0n) is 12.8. The molecule has 1 amide bonds. The molecule has 0 aliphatic rings. The highest BCUT2D eigenvalue weighted by Gasteiger charge is 2.24. The molecule has 0 radical (unpaired) electrons. The summed E-state index contributed by atoms with van der Waals surface area (Å²) < 4.78 is 10.4. The summed E-state index contributed by atoms with van der Waals surface area (Å²) in [7, 11) is 0. The summed E-state index contributed by atoms with van der Waals surface area (Å²) in [4.78, 5) is 25.1. The Morgan fingerprint density at radius 2 is 1.91 bits per heavy atom. The number of nitrogens with zero attached hydrogens (tertiary/aromatic N) is 2. The van der Waals surface area contributed by atoms with Crippen molar-refractivity contribution < 1.29 is 23.9 Å². The largest absolute Gasteiger partial charge is 0.488 e. The van der Waals surface area contributed by atoms with E-state index in [2.05, 4.69) is 4.79 Å². The van der Waals surface area contributed by atoms with Crippen LogP contribution in [-0.2, 0) is 16.0 Å². The van der Waals surface area contributed by atoms with Crippen molar-refractivity contribution in [1.29, 1.82) is 0 Å². The molecule has 0 aliphatic carbocycles. The zero-order valence-corrected chi connectivity index (χ0v) is 12.8. The summed E-state index contributed by atoms with van der Waals surface area (Å²) in [5, 5.41) is 0. The number of primary amides is 1. The summed E-state index contributed by atoms with van der Waals surface area (Å²) >= 11 is 0. The first-order chi connectivity index (χ1) is 10.2. The molecule has 7 nitrogen and oxygen atoms in total. The van der Waals surface area contributed by atoms with Crippen LogP contribution in [-0.4, -0.2) is 34.6 Å². The van der Waals surface area contributed by atoms with Crippen LogP contribution in [0.25, 0.3) is 5.53 Å². The molecule has 0 aliphatic heterocycles. The number of amides is 1. The van der Waals surface area contributed by atoms with Crippen molar-refractivity contribution in [3.8, 4) is 5.75 Å². The van der Waals surface area contributed by atoms with Crippen molar-refractivity contribution in [2.45, 2.75) is 38.9 Å². The second kappa shape index (κ2) is 7.38. The lowest BCUT2D eigenvalue weighted by atomic mass is 10.0. The normalized spacial score (nSPS) is 12.0. The van der Waals surface area contributed by atoms with Gasteiger partial charge in [-0.1, -0.05) is 12.1 Å². The van der Waals surface area contributed by atoms with Gasteiger partial charge < -0.3 is 20.7 Å². The molecule has 1 aromatic carbocycles. The summed E-state index contributed by atoms with van der Waals surface area (Å²) in [6.07, 6.45) is -1.42. The van der Waals surface area contributed by atoms with E-state index in [0.717, 1.165) is 5.56 Å². The lowest BCUT2D eigenvalue weighted by Gasteiger charge is -2.21. The minimum atomic E-state index is -1.14. The Hall–Kier alpha value is -2.66. The predicted octanol–water partition coefficient (Wildman–Crippen LogP) is 1.74. The first-order valence-corrected chi connectivity index (χ1v) is 6.66. The van der Waals surface area contributed by atoms with Crippen LogP contribution in [0.4, 0.5) is 4.79 Å². The van der Waals surface area contributed by atoms with Crippen molar-refractivity contribution in [1.82, 2.24) is 0 Å². The standard InChI is InChI=1S/C15H19N3O4/c1-15(2,3)22-11-6-4-10(5-7-11)8-13(21-14(16)20)12(19)9-18-17/h4-7,9,13H,8H2,1-3H3,(H2,16,20)/t13-/m0/s1. The molecule has 0 saturated heterocycles. The van der Waals surface area contributed by atoms with Crippen LogP contribution in [0.3, 0.4) is 0 Å². The first kappa shape index (κ1) is 17.4. The molecule has 0 fully saturated rings. The second-order valence-electron chi connectivity index (χ2n) is 5.63. The molecular formula is C15H19N3O4. The van der Waals surface area contributed by atoms with E-state index in [1.807, 2.05) is 20.8 Å². The van der Waals surface area contributed by atoms with E-state index in [9.17, 15) is 9.59 Å². The molecular weight excluding hydrogens is 286 g/mol. The minimum absolute atomic E-state index is 0.115. The third-order valence-electron chi connectivity index (χ3n) is 2.53.